The van der Waals surface area contributed by atoms with E-state index in [1.165, 1.54) is 0 Å². The zero-order chi connectivity index (χ0) is 11.0. The van der Waals surface area contributed by atoms with E-state index in [0.29, 0.717) is 0 Å². The molecule has 1 aliphatic rings. The zero-order valence-corrected chi connectivity index (χ0v) is 9.46. The van der Waals surface area contributed by atoms with Crippen molar-refractivity contribution in [3.63, 3.8) is 0 Å². The molecule has 2 atom stereocenters. The van der Waals surface area contributed by atoms with E-state index in [-0.39, 0.29) is 11.3 Å². The number of aliphatic hydroxyl groups is 1. The summed E-state index contributed by atoms with van der Waals surface area (Å²) in [6.07, 6.45) is 3.55. The van der Waals surface area contributed by atoms with E-state index >= 15 is 0 Å². The molecule has 2 nitrogen and oxygen atoms in total. The minimum Gasteiger partial charge on any atom is -0.386 e. The smallest absolute Gasteiger partial charge is 0.0807 e. The van der Waals surface area contributed by atoms with Gasteiger partial charge in [0.15, 0.2) is 0 Å². The van der Waals surface area contributed by atoms with Gasteiger partial charge in [0.05, 0.1) is 17.6 Å². The SMILES string of the molecule is CC(C#N)C1=CC(C)(O)CC(C)(C)C1. The van der Waals surface area contributed by atoms with Gasteiger partial charge in [0.1, 0.15) is 0 Å². The van der Waals surface area contributed by atoms with Crippen molar-refractivity contribution in [3.05, 3.63) is 11.6 Å². The maximum Gasteiger partial charge on any atom is 0.0807 e. The van der Waals surface area contributed by atoms with Gasteiger partial charge in [-0.15, -0.1) is 0 Å². The molecule has 0 aromatic heterocycles. The van der Waals surface area contributed by atoms with Crippen LogP contribution in [0.15, 0.2) is 11.6 Å². The summed E-state index contributed by atoms with van der Waals surface area (Å²) in [4.78, 5) is 0. The summed E-state index contributed by atoms with van der Waals surface area (Å²) in [6.45, 7) is 7.98. The fourth-order valence-corrected chi connectivity index (χ4v) is 2.45. The van der Waals surface area contributed by atoms with Crippen LogP contribution >= 0.6 is 0 Å². The molecular formula is C12H19NO. The molecule has 0 bridgehead atoms. The van der Waals surface area contributed by atoms with Crippen molar-refractivity contribution in [2.45, 2.75) is 46.1 Å². The van der Waals surface area contributed by atoms with Gasteiger partial charge in [-0.05, 0) is 32.1 Å². The minimum atomic E-state index is -0.748. The highest BCUT2D eigenvalue weighted by Gasteiger charge is 2.35. The van der Waals surface area contributed by atoms with E-state index in [1.807, 2.05) is 19.9 Å². The molecular weight excluding hydrogens is 174 g/mol. The molecule has 1 rings (SSSR count). The van der Waals surface area contributed by atoms with Crippen LogP contribution in [0, 0.1) is 22.7 Å². The standard InChI is InChI=1S/C12H19NO/c1-9(7-13)10-5-11(2,3)8-12(4,14)6-10/h6,9,14H,5,8H2,1-4H3. The Morgan fingerprint density at radius 2 is 2.07 bits per heavy atom. The third kappa shape index (κ3) is 2.59. The molecule has 0 saturated carbocycles. The van der Waals surface area contributed by atoms with Crippen molar-refractivity contribution in [1.82, 2.24) is 0 Å². The summed E-state index contributed by atoms with van der Waals surface area (Å²) in [7, 11) is 0. The van der Waals surface area contributed by atoms with Crippen LogP contribution < -0.4 is 0 Å². The third-order valence-corrected chi connectivity index (χ3v) is 2.77. The molecule has 78 valence electrons. The number of hydrogen-bond donors (Lipinski definition) is 1. The molecule has 1 aliphatic carbocycles. The van der Waals surface area contributed by atoms with E-state index in [0.717, 1.165) is 18.4 Å². The van der Waals surface area contributed by atoms with Crippen molar-refractivity contribution in [2.24, 2.45) is 11.3 Å². The molecule has 0 spiro atoms. The van der Waals surface area contributed by atoms with Gasteiger partial charge in [0.25, 0.3) is 0 Å². The summed E-state index contributed by atoms with van der Waals surface area (Å²) in [5, 5.41) is 18.9. The molecule has 0 aromatic carbocycles. The van der Waals surface area contributed by atoms with Crippen LogP contribution in [0.1, 0.15) is 40.5 Å². The van der Waals surface area contributed by atoms with Crippen molar-refractivity contribution >= 4 is 0 Å². The Morgan fingerprint density at radius 3 is 2.50 bits per heavy atom. The second-order valence-electron chi connectivity index (χ2n) is 5.44. The van der Waals surface area contributed by atoms with Gasteiger partial charge in [0, 0.05) is 0 Å². The van der Waals surface area contributed by atoms with E-state index in [2.05, 4.69) is 19.9 Å². The molecule has 0 amide bonds. The van der Waals surface area contributed by atoms with Gasteiger partial charge in [-0.3, -0.25) is 0 Å². The van der Waals surface area contributed by atoms with Gasteiger partial charge in [-0.2, -0.15) is 5.26 Å². The van der Waals surface area contributed by atoms with Gasteiger partial charge in [-0.25, -0.2) is 0 Å². The van der Waals surface area contributed by atoms with Crippen molar-refractivity contribution < 1.29 is 5.11 Å². The van der Waals surface area contributed by atoms with E-state index in [4.69, 9.17) is 5.26 Å². The molecule has 0 saturated heterocycles. The Labute approximate surface area is 86.2 Å². The lowest BCUT2D eigenvalue weighted by Crippen LogP contribution is -2.35. The van der Waals surface area contributed by atoms with Crippen LogP contribution in [0.3, 0.4) is 0 Å². The molecule has 14 heavy (non-hydrogen) atoms. The Hall–Kier alpha value is -0.810. The topological polar surface area (TPSA) is 44.0 Å². The molecule has 0 radical (unpaired) electrons. The molecule has 2 heteroatoms. The third-order valence-electron chi connectivity index (χ3n) is 2.77. The fraction of sp³-hybridized carbons (Fsp3) is 0.750. The average Bonchev–Trinajstić information content (AvgIpc) is 1.97. The summed E-state index contributed by atoms with van der Waals surface area (Å²) in [5.74, 6) is -0.0824. The quantitative estimate of drug-likeness (QED) is 0.651. The Morgan fingerprint density at radius 1 is 1.50 bits per heavy atom. The van der Waals surface area contributed by atoms with Crippen molar-refractivity contribution in [1.29, 1.82) is 5.26 Å². The van der Waals surface area contributed by atoms with Crippen molar-refractivity contribution in [2.75, 3.05) is 0 Å². The first-order valence-electron chi connectivity index (χ1n) is 5.09. The van der Waals surface area contributed by atoms with Gasteiger partial charge in [0.2, 0.25) is 0 Å². The monoisotopic (exact) mass is 193 g/mol. The van der Waals surface area contributed by atoms with Gasteiger partial charge in [-0.1, -0.05) is 25.5 Å². The number of hydrogen-bond acceptors (Lipinski definition) is 2. The van der Waals surface area contributed by atoms with Crippen LogP contribution in [0.25, 0.3) is 0 Å². The Bertz CT molecular complexity index is 294. The van der Waals surface area contributed by atoms with E-state index < -0.39 is 5.60 Å². The Kier molecular flexibility index (Phi) is 2.74. The fourth-order valence-electron chi connectivity index (χ4n) is 2.45. The second-order valence-corrected chi connectivity index (χ2v) is 5.44. The van der Waals surface area contributed by atoms with E-state index in [1.54, 1.807) is 0 Å². The minimum absolute atomic E-state index is 0.0824. The second kappa shape index (κ2) is 3.40. The zero-order valence-electron chi connectivity index (χ0n) is 9.46. The summed E-state index contributed by atoms with van der Waals surface area (Å²) >= 11 is 0. The summed E-state index contributed by atoms with van der Waals surface area (Å²) < 4.78 is 0. The van der Waals surface area contributed by atoms with E-state index in [9.17, 15) is 5.11 Å². The number of allylic oxidation sites excluding steroid dienone is 1. The predicted octanol–water partition coefficient (Wildman–Crippen LogP) is 2.64. The summed E-state index contributed by atoms with van der Waals surface area (Å²) in [5.41, 5.74) is 0.426. The normalized spacial score (nSPS) is 33.0. The Balaban J connectivity index is 2.98. The van der Waals surface area contributed by atoms with Crippen LogP contribution in [-0.4, -0.2) is 10.7 Å². The van der Waals surface area contributed by atoms with Crippen LogP contribution in [0.2, 0.25) is 0 Å². The first kappa shape index (κ1) is 11.3. The molecule has 0 aromatic rings. The van der Waals surface area contributed by atoms with Crippen LogP contribution in [-0.2, 0) is 0 Å². The predicted molar refractivity (Wildman–Crippen MR) is 56.5 cm³/mol. The number of rotatable bonds is 1. The van der Waals surface area contributed by atoms with Gasteiger partial charge >= 0.3 is 0 Å². The molecule has 1 N–H and O–H groups in total. The number of nitrogens with zero attached hydrogens (tertiary/aromatic N) is 1. The molecule has 0 aliphatic heterocycles. The summed E-state index contributed by atoms with van der Waals surface area (Å²) in [6, 6.07) is 2.23. The van der Waals surface area contributed by atoms with Crippen LogP contribution in [0.4, 0.5) is 0 Å². The lowest BCUT2D eigenvalue weighted by molar-refractivity contribution is 0.0462. The average molecular weight is 193 g/mol. The highest BCUT2D eigenvalue weighted by molar-refractivity contribution is 5.23. The largest absolute Gasteiger partial charge is 0.386 e. The molecule has 0 heterocycles. The number of nitriles is 1. The lowest BCUT2D eigenvalue weighted by Gasteiger charge is -2.38. The first-order valence-corrected chi connectivity index (χ1v) is 5.09. The molecule has 2 unspecified atom stereocenters. The van der Waals surface area contributed by atoms with Crippen LogP contribution in [0.5, 0.6) is 0 Å². The first-order chi connectivity index (χ1) is 6.26. The highest BCUT2D eigenvalue weighted by Crippen LogP contribution is 2.42. The maximum atomic E-state index is 10.0. The van der Waals surface area contributed by atoms with Gasteiger partial charge < -0.3 is 5.11 Å². The maximum absolute atomic E-state index is 10.0. The van der Waals surface area contributed by atoms with Crippen molar-refractivity contribution in [3.8, 4) is 6.07 Å². The molecule has 0 fully saturated rings. The highest BCUT2D eigenvalue weighted by atomic mass is 16.3. The lowest BCUT2D eigenvalue weighted by atomic mass is 9.69.